The van der Waals surface area contributed by atoms with Gasteiger partial charge in [0, 0.05) is 16.9 Å². The molecule has 0 bridgehead atoms. The van der Waals surface area contributed by atoms with Gasteiger partial charge in [-0.15, -0.1) is 10.2 Å². The van der Waals surface area contributed by atoms with E-state index in [0.717, 1.165) is 17.1 Å². The minimum Gasteiger partial charge on any atom is -0.497 e. The van der Waals surface area contributed by atoms with Crippen LogP contribution >= 0.6 is 23.4 Å². The first-order valence-corrected chi connectivity index (χ1v) is 12.8. The molecule has 3 aromatic carbocycles. The Morgan fingerprint density at radius 1 is 1.03 bits per heavy atom. The predicted molar refractivity (Wildman–Crippen MR) is 147 cm³/mol. The second-order valence-electron chi connectivity index (χ2n) is 8.15. The largest absolute Gasteiger partial charge is 0.497 e. The molecule has 0 aliphatic heterocycles. The number of benzene rings is 3. The Bertz CT molecular complexity index is 1390. The van der Waals surface area contributed by atoms with E-state index >= 15 is 0 Å². The number of halogens is 1. The van der Waals surface area contributed by atoms with Crippen molar-refractivity contribution in [3.8, 4) is 11.4 Å². The molecule has 1 heterocycles. The van der Waals surface area contributed by atoms with Crippen molar-refractivity contribution in [3.05, 3.63) is 89.2 Å². The highest BCUT2D eigenvalue weighted by Gasteiger charge is 2.21. The molecule has 8 nitrogen and oxygen atoms in total. The maximum atomic E-state index is 12.9. The molecule has 0 unspecified atom stereocenters. The molecule has 0 aliphatic rings. The van der Waals surface area contributed by atoms with Crippen LogP contribution < -0.4 is 15.4 Å². The van der Waals surface area contributed by atoms with Crippen LogP contribution in [0.15, 0.2) is 78.0 Å². The molecule has 0 spiro atoms. The van der Waals surface area contributed by atoms with Crippen molar-refractivity contribution in [2.75, 3.05) is 17.7 Å². The molecular formula is C27H26ClN5O3S. The molecule has 0 fully saturated rings. The summed E-state index contributed by atoms with van der Waals surface area (Å²) in [7, 11) is 1.61. The van der Waals surface area contributed by atoms with E-state index < -0.39 is 5.25 Å². The van der Waals surface area contributed by atoms with Crippen LogP contribution in [-0.4, -0.2) is 38.8 Å². The Labute approximate surface area is 224 Å². The second-order valence-corrected chi connectivity index (χ2v) is 9.86. The normalized spacial score (nSPS) is 11.6. The topological polar surface area (TPSA) is 98.1 Å². The summed E-state index contributed by atoms with van der Waals surface area (Å²) in [5.74, 6) is 1.16. The summed E-state index contributed by atoms with van der Waals surface area (Å²) in [4.78, 5) is 24.4. The number of para-hydroxylation sites is 1. The first-order chi connectivity index (χ1) is 17.9. The number of carbonyl (C=O) groups is 2. The summed E-state index contributed by atoms with van der Waals surface area (Å²) in [6.07, 6.45) is 0. The highest BCUT2D eigenvalue weighted by molar-refractivity contribution is 8.00. The molecule has 4 aromatic rings. The summed E-state index contributed by atoms with van der Waals surface area (Å²) in [6, 6.07) is 21.8. The van der Waals surface area contributed by atoms with E-state index in [-0.39, 0.29) is 11.7 Å². The highest BCUT2D eigenvalue weighted by atomic mass is 35.5. The van der Waals surface area contributed by atoms with Crippen LogP contribution in [0.3, 0.4) is 0 Å². The number of methoxy groups -OCH3 is 1. The van der Waals surface area contributed by atoms with Gasteiger partial charge in [0.15, 0.2) is 16.8 Å². The van der Waals surface area contributed by atoms with Gasteiger partial charge in [-0.1, -0.05) is 35.5 Å². The fraction of sp³-hybridized carbons (Fsp3) is 0.185. The van der Waals surface area contributed by atoms with Gasteiger partial charge in [-0.3, -0.25) is 14.2 Å². The summed E-state index contributed by atoms with van der Waals surface area (Å²) < 4.78 is 7.20. The minimum atomic E-state index is -0.474. The Morgan fingerprint density at radius 2 is 1.73 bits per heavy atom. The number of rotatable bonds is 10. The number of anilines is 2. The van der Waals surface area contributed by atoms with Crippen LogP contribution in [0, 0.1) is 0 Å². The molecule has 190 valence electrons. The first kappa shape index (κ1) is 26.2. The summed E-state index contributed by atoms with van der Waals surface area (Å²) >= 11 is 7.59. The summed E-state index contributed by atoms with van der Waals surface area (Å²) in [5.41, 5.74) is 2.82. The lowest BCUT2D eigenvalue weighted by atomic mass is 10.1. The number of carbonyl (C=O) groups excluding carboxylic acids is 2. The number of amides is 1. The van der Waals surface area contributed by atoms with Crippen molar-refractivity contribution >= 4 is 46.4 Å². The van der Waals surface area contributed by atoms with Crippen LogP contribution in [0.4, 0.5) is 11.4 Å². The van der Waals surface area contributed by atoms with Crippen molar-refractivity contribution in [1.29, 1.82) is 0 Å². The predicted octanol–water partition coefficient (Wildman–Crippen LogP) is 5.86. The number of aromatic nitrogens is 3. The van der Waals surface area contributed by atoms with E-state index in [9.17, 15) is 9.59 Å². The molecule has 1 amide bonds. The van der Waals surface area contributed by atoms with Gasteiger partial charge in [0.05, 0.1) is 29.6 Å². The average molecular weight is 536 g/mol. The molecule has 1 atom stereocenters. The molecule has 2 N–H and O–H groups in total. The number of thioether (sulfide) groups is 1. The maximum Gasteiger partial charge on any atom is 0.237 e. The van der Waals surface area contributed by atoms with E-state index in [1.807, 2.05) is 53.1 Å². The maximum absolute atomic E-state index is 12.9. The third-order valence-corrected chi connectivity index (χ3v) is 6.92. The SMILES string of the molecule is COc1ccc(-n2c(CNc3ccccc3Cl)nnc2S[C@@H](C)C(=O)Nc2ccc(C(C)=O)cc2)cc1. The zero-order chi connectivity index (χ0) is 26.4. The zero-order valence-corrected chi connectivity index (χ0v) is 22.1. The summed E-state index contributed by atoms with van der Waals surface area (Å²) in [5, 5.41) is 15.7. The van der Waals surface area contributed by atoms with Gasteiger partial charge >= 0.3 is 0 Å². The van der Waals surface area contributed by atoms with Gasteiger partial charge in [-0.2, -0.15) is 0 Å². The third kappa shape index (κ3) is 6.49. The van der Waals surface area contributed by atoms with Crippen LogP contribution in [0.1, 0.15) is 30.0 Å². The smallest absolute Gasteiger partial charge is 0.237 e. The average Bonchev–Trinajstić information content (AvgIpc) is 3.30. The number of nitrogens with zero attached hydrogens (tertiary/aromatic N) is 3. The molecule has 0 saturated carbocycles. The molecule has 4 rings (SSSR count). The number of ketones is 1. The highest BCUT2D eigenvalue weighted by Crippen LogP contribution is 2.28. The number of hydrogen-bond donors (Lipinski definition) is 2. The Balaban J connectivity index is 1.55. The quantitative estimate of drug-likeness (QED) is 0.194. The number of hydrogen-bond acceptors (Lipinski definition) is 7. The minimum absolute atomic E-state index is 0.0282. The number of nitrogens with one attached hydrogen (secondary N) is 2. The van der Waals surface area contributed by atoms with Gasteiger partial charge < -0.3 is 15.4 Å². The van der Waals surface area contributed by atoms with Gasteiger partial charge in [-0.25, -0.2) is 0 Å². The number of Topliss-reactive ketones (excluding diaryl/α,β-unsaturated/α-hetero) is 1. The van der Waals surface area contributed by atoms with Crippen molar-refractivity contribution in [2.45, 2.75) is 30.8 Å². The van der Waals surface area contributed by atoms with E-state index in [1.165, 1.54) is 18.7 Å². The Morgan fingerprint density at radius 3 is 2.38 bits per heavy atom. The van der Waals surface area contributed by atoms with Crippen molar-refractivity contribution in [3.63, 3.8) is 0 Å². The fourth-order valence-electron chi connectivity index (χ4n) is 3.50. The molecule has 1 aromatic heterocycles. The van der Waals surface area contributed by atoms with Crippen LogP contribution in [0.5, 0.6) is 5.75 Å². The van der Waals surface area contributed by atoms with E-state index in [2.05, 4.69) is 20.8 Å². The summed E-state index contributed by atoms with van der Waals surface area (Å²) in [6.45, 7) is 3.68. The Hall–Kier alpha value is -3.82. The van der Waals surface area contributed by atoms with Crippen LogP contribution in [-0.2, 0) is 11.3 Å². The molecule has 37 heavy (non-hydrogen) atoms. The second kappa shape index (κ2) is 11.9. The lowest BCUT2D eigenvalue weighted by Crippen LogP contribution is -2.23. The van der Waals surface area contributed by atoms with Gasteiger partial charge in [-0.05, 0) is 74.5 Å². The van der Waals surface area contributed by atoms with Gasteiger partial charge in [0.1, 0.15) is 5.75 Å². The van der Waals surface area contributed by atoms with Crippen LogP contribution in [0.2, 0.25) is 5.02 Å². The molecule has 0 radical (unpaired) electrons. The third-order valence-electron chi connectivity index (χ3n) is 5.55. The standard InChI is InChI=1S/C27H26ClN5O3S/c1-17(34)19-8-10-20(11-9-19)30-26(35)18(2)37-27-32-31-25(16-29-24-7-5-4-6-23(24)28)33(27)21-12-14-22(36-3)15-13-21/h4-15,18,29H,16H2,1-3H3,(H,30,35)/t18-/m0/s1. The lowest BCUT2D eigenvalue weighted by Gasteiger charge is -2.15. The van der Waals surface area contributed by atoms with Gasteiger partial charge in [0.2, 0.25) is 5.91 Å². The molecule has 0 saturated heterocycles. The van der Waals surface area contributed by atoms with Crippen molar-refractivity contribution in [1.82, 2.24) is 14.8 Å². The fourth-order valence-corrected chi connectivity index (χ4v) is 4.59. The van der Waals surface area contributed by atoms with E-state index in [4.69, 9.17) is 16.3 Å². The van der Waals surface area contributed by atoms with E-state index in [0.29, 0.717) is 33.8 Å². The van der Waals surface area contributed by atoms with Crippen molar-refractivity contribution in [2.24, 2.45) is 0 Å². The Kier molecular flexibility index (Phi) is 8.47. The lowest BCUT2D eigenvalue weighted by molar-refractivity contribution is -0.115. The molecule has 0 aliphatic carbocycles. The van der Waals surface area contributed by atoms with Crippen molar-refractivity contribution < 1.29 is 14.3 Å². The molecular weight excluding hydrogens is 510 g/mol. The van der Waals surface area contributed by atoms with Crippen LogP contribution in [0.25, 0.3) is 5.69 Å². The van der Waals surface area contributed by atoms with Gasteiger partial charge in [0.25, 0.3) is 0 Å². The first-order valence-electron chi connectivity index (χ1n) is 11.5. The number of ether oxygens (including phenoxy) is 1. The molecule has 10 heteroatoms. The monoisotopic (exact) mass is 535 g/mol. The van der Waals surface area contributed by atoms with E-state index in [1.54, 1.807) is 38.3 Å². The zero-order valence-electron chi connectivity index (χ0n) is 20.6.